The van der Waals surface area contributed by atoms with Crippen LogP contribution in [0.4, 0.5) is 5.13 Å². The molecule has 4 nitrogen and oxygen atoms in total. The van der Waals surface area contributed by atoms with Gasteiger partial charge in [0.2, 0.25) is 0 Å². The van der Waals surface area contributed by atoms with Gasteiger partial charge in [-0.1, -0.05) is 43.1 Å². The lowest BCUT2D eigenvalue weighted by Gasteiger charge is -2.10. The van der Waals surface area contributed by atoms with Crippen LogP contribution in [0.15, 0.2) is 42.0 Å². The number of anilines is 1. The molecule has 0 fully saturated rings. The molecule has 130 valence electrons. The van der Waals surface area contributed by atoms with Crippen LogP contribution < -0.4 is 5.32 Å². The lowest BCUT2D eigenvalue weighted by atomic mass is 10.1. The molecule has 3 rings (SSSR count). The first-order chi connectivity index (χ1) is 11.9. The fourth-order valence-corrected chi connectivity index (χ4v) is 3.30. The van der Waals surface area contributed by atoms with Crippen LogP contribution in [0.2, 0.25) is 10.0 Å². The van der Waals surface area contributed by atoms with Crippen molar-refractivity contribution >= 4 is 45.6 Å². The molecule has 0 unspecified atom stereocenters. The summed E-state index contributed by atoms with van der Waals surface area (Å²) in [5.41, 5.74) is 2.66. The molecule has 3 aromatic rings. The molecular formula is C18H17Cl2N3OS. The second-order valence-electron chi connectivity index (χ2n) is 5.98. The van der Waals surface area contributed by atoms with Crippen molar-refractivity contribution in [2.45, 2.75) is 26.3 Å². The number of hydrogen-bond acceptors (Lipinski definition) is 3. The third-order valence-corrected chi connectivity index (χ3v) is 5.23. The van der Waals surface area contributed by atoms with Gasteiger partial charge in [0, 0.05) is 24.3 Å². The van der Waals surface area contributed by atoms with E-state index >= 15 is 0 Å². The Balaban J connectivity index is 1.91. The molecule has 0 aliphatic carbocycles. The van der Waals surface area contributed by atoms with Gasteiger partial charge in [-0.15, -0.1) is 11.3 Å². The maximum absolute atomic E-state index is 12.7. The normalized spacial score (nSPS) is 11.1. The van der Waals surface area contributed by atoms with E-state index in [-0.39, 0.29) is 5.91 Å². The maximum Gasteiger partial charge on any atom is 0.274 e. The summed E-state index contributed by atoms with van der Waals surface area (Å²) in [5, 5.41) is 6.26. The Bertz CT molecular complexity index is 888. The van der Waals surface area contributed by atoms with Crippen LogP contribution in [0, 0.1) is 0 Å². The molecule has 0 spiro atoms. The molecule has 25 heavy (non-hydrogen) atoms. The van der Waals surface area contributed by atoms with Gasteiger partial charge in [-0.25, -0.2) is 4.98 Å². The van der Waals surface area contributed by atoms with E-state index in [9.17, 15) is 4.79 Å². The van der Waals surface area contributed by atoms with Crippen LogP contribution in [0.1, 0.15) is 41.4 Å². The molecular weight excluding hydrogens is 377 g/mol. The van der Waals surface area contributed by atoms with Crippen molar-refractivity contribution in [2.75, 3.05) is 5.32 Å². The van der Waals surface area contributed by atoms with Gasteiger partial charge in [-0.2, -0.15) is 0 Å². The Kier molecular flexibility index (Phi) is 5.47. The van der Waals surface area contributed by atoms with Gasteiger partial charge in [0.25, 0.3) is 5.91 Å². The highest BCUT2D eigenvalue weighted by atomic mass is 35.5. The van der Waals surface area contributed by atoms with Crippen molar-refractivity contribution in [1.29, 1.82) is 0 Å². The fourth-order valence-electron chi connectivity index (χ4n) is 2.45. The molecule has 0 aliphatic heterocycles. The van der Waals surface area contributed by atoms with Gasteiger partial charge in [0.15, 0.2) is 5.13 Å². The third-order valence-electron chi connectivity index (χ3n) is 3.81. The van der Waals surface area contributed by atoms with Gasteiger partial charge in [0.1, 0.15) is 5.69 Å². The Morgan fingerprint density at radius 3 is 2.72 bits per heavy atom. The van der Waals surface area contributed by atoms with Gasteiger partial charge in [0.05, 0.1) is 10.0 Å². The van der Waals surface area contributed by atoms with Crippen molar-refractivity contribution in [1.82, 2.24) is 9.55 Å². The van der Waals surface area contributed by atoms with Gasteiger partial charge >= 0.3 is 0 Å². The fraction of sp³-hybridized carbons (Fsp3) is 0.222. The van der Waals surface area contributed by atoms with E-state index in [0.717, 1.165) is 11.1 Å². The number of hydrogen-bond donors (Lipinski definition) is 1. The molecule has 0 atom stereocenters. The number of nitrogens with one attached hydrogen (secondary N) is 1. The molecule has 0 aliphatic rings. The number of amides is 1. The summed E-state index contributed by atoms with van der Waals surface area (Å²) < 4.78 is 1.93. The standard InChI is InChI=1S/C18H17Cl2N3OS/c1-11(2)13-8-16(17(24)22-18-21-5-6-25-18)23(10-13)9-12-3-4-14(19)15(20)7-12/h3-8,10-11H,9H2,1-2H3,(H,21,22,24). The topological polar surface area (TPSA) is 46.9 Å². The highest BCUT2D eigenvalue weighted by molar-refractivity contribution is 7.13. The van der Waals surface area contributed by atoms with Crippen LogP contribution in [0.3, 0.4) is 0 Å². The third kappa shape index (κ3) is 4.24. The molecule has 1 amide bonds. The number of nitrogens with zero attached hydrogens (tertiary/aromatic N) is 2. The second-order valence-corrected chi connectivity index (χ2v) is 7.69. The molecule has 2 heterocycles. The maximum atomic E-state index is 12.7. The summed E-state index contributed by atoms with van der Waals surface area (Å²) in [6.45, 7) is 4.73. The van der Waals surface area contributed by atoms with Gasteiger partial charge in [-0.3, -0.25) is 10.1 Å². The van der Waals surface area contributed by atoms with Gasteiger partial charge in [-0.05, 0) is 35.2 Å². The minimum absolute atomic E-state index is 0.179. The first-order valence-corrected chi connectivity index (χ1v) is 9.42. The zero-order chi connectivity index (χ0) is 18.0. The van der Waals surface area contributed by atoms with Crippen LogP contribution in [-0.2, 0) is 6.54 Å². The summed E-state index contributed by atoms with van der Waals surface area (Å²) >= 11 is 13.5. The summed E-state index contributed by atoms with van der Waals surface area (Å²) in [6.07, 6.45) is 3.67. The monoisotopic (exact) mass is 393 g/mol. The van der Waals surface area contributed by atoms with Gasteiger partial charge < -0.3 is 4.57 Å². The molecule has 0 saturated heterocycles. The summed E-state index contributed by atoms with van der Waals surface area (Å²) in [6, 6.07) is 7.42. The van der Waals surface area contributed by atoms with E-state index in [1.165, 1.54) is 11.3 Å². The number of halogens is 2. The van der Waals surface area contributed by atoms with Crippen molar-refractivity contribution in [3.05, 3.63) is 68.9 Å². The zero-order valence-electron chi connectivity index (χ0n) is 13.8. The molecule has 7 heteroatoms. The molecule has 0 radical (unpaired) electrons. The number of aromatic nitrogens is 2. The molecule has 1 N–H and O–H groups in total. The zero-order valence-corrected chi connectivity index (χ0v) is 16.1. The first-order valence-electron chi connectivity index (χ1n) is 7.79. The van der Waals surface area contributed by atoms with Crippen molar-refractivity contribution in [3.8, 4) is 0 Å². The second kappa shape index (κ2) is 7.60. The van der Waals surface area contributed by atoms with E-state index < -0.39 is 0 Å². The summed E-state index contributed by atoms with van der Waals surface area (Å²) in [5.74, 6) is 0.142. The highest BCUT2D eigenvalue weighted by Gasteiger charge is 2.17. The Hall–Kier alpha value is -1.82. The number of thiazole rings is 1. The van der Waals surface area contributed by atoms with E-state index in [1.807, 2.05) is 34.3 Å². The quantitative estimate of drug-likeness (QED) is 0.606. The van der Waals surface area contributed by atoms with Crippen LogP contribution in [0.5, 0.6) is 0 Å². The van der Waals surface area contributed by atoms with Crippen molar-refractivity contribution < 1.29 is 4.79 Å². The Morgan fingerprint density at radius 2 is 2.08 bits per heavy atom. The summed E-state index contributed by atoms with van der Waals surface area (Å²) in [7, 11) is 0. The van der Waals surface area contributed by atoms with Crippen molar-refractivity contribution in [3.63, 3.8) is 0 Å². The van der Waals surface area contributed by atoms with E-state index in [1.54, 1.807) is 12.3 Å². The van der Waals surface area contributed by atoms with Crippen LogP contribution in [0.25, 0.3) is 0 Å². The van der Waals surface area contributed by atoms with E-state index in [0.29, 0.717) is 33.3 Å². The molecule has 1 aromatic carbocycles. The lowest BCUT2D eigenvalue weighted by molar-refractivity contribution is 0.101. The minimum atomic E-state index is -0.179. The number of carbonyl (C=O) groups is 1. The number of carbonyl (C=O) groups excluding carboxylic acids is 1. The highest BCUT2D eigenvalue weighted by Crippen LogP contribution is 2.25. The SMILES string of the molecule is CC(C)c1cc(C(=O)Nc2nccs2)n(Cc2ccc(Cl)c(Cl)c2)c1. The molecule has 0 bridgehead atoms. The van der Waals surface area contributed by atoms with E-state index in [4.69, 9.17) is 23.2 Å². The predicted octanol–water partition coefficient (Wildman–Crippen LogP) is 5.68. The Labute approximate surface area is 160 Å². The van der Waals surface area contributed by atoms with E-state index in [2.05, 4.69) is 24.1 Å². The average Bonchev–Trinajstić information content (AvgIpc) is 3.20. The van der Waals surface area contributed by atoms with Crippen molar-refractivity contribution in [2.24, 2.45) is 0 Å². The first kappa shape index (κ1) is 18.0. The summed E-state index contributed by atoms with van der Waals surface area (Å²) in [4.78, 5) is 16.8. The molecule has 2 aromatic heterocycles. The number of rotatable bonds is 5. The smallest absolute Gasteiger partial charge is 0.274 e. The Morgan fingerprint density at radius 1 is 1.28 bits per heavy atom. The number of benzene rings is 1. The average molecular weight is 394 g/mol. The molecule has 0 saturated carbocycles. The van der Waals surface area contributed by atoms with Crippen LogP contribution in [-0.4, -0.2) is 15.5 Å². The largest absolute Gasteiger partial charge is 0.339 e. The minimum Gasteiger partial charge on any atom is -0.339 e. The van der Waals surface area contributed by atoms with Crippen LogP contribution >= 0.6 is 34.5 Å². The lowest BCUT2D eigenvalue weighted by Crippen LogP contribution is -2.17. The predicted molar refractivity (Wildman–Crippen MR) is 104 cm³/mol.